The van der Waals surface area contributed by atoms with E-state index in [0.717, 1.165) is 29.1 Å². The third-order valence-electron chi connectivity index (χ3n) is 20.5. The molecular weight excluding hydrogens is 2820 g/mol. The number of hydrogen-bond donors (Lipinski definition) is 2. The highest BCUT2D eigenvalue weighted by atomic mass is 127. The molecule has 0 fully saturated rings. The van der Waals surface area contributed by atoms with Crippen molar-refractivity contribution in [2.45, 2.75) is 21.7 Å². The average molecular weight is 2890 g/mol. The van der Waals surface area contributed by atoms with Gasteiger partial charge in [-0.3, -0.25) is 0 Å². The van der Waals surface area contributed by atoms with E-state index >= 15 is 0 Å². The summed E-state index contributed by atoms with van der Waals surface area (Å²) in [5, 5.41) is 9.94. The van der Waals surface area contributed by atoms with E-state index in [2.05, 4.69) is 641 Å². The lowest BCUT2D eigenvalue weighted by molar-refractivity contribution is 0.475. The monoisotopic (exact) mass is 2880 g/mol. The molecule has 0 unspecified atom stereocenters. The molecule has 0 aliphatic heterocycles. The van der Waals surface area contributed by atoms with Gasteiger partial charge in [0, 0.05) is 59.3 Å². The lowest BCUT2D eigenvalue weighted by Crippen LogP contribution is -2.31. The Kier molecular flexibility index (Phi) is 32.4. The minimum Gasteiger partial charge on any atom is -0.508 e. The molecule has 0 atom stereocenters. The van der Waals surface area contributed by atoms with Crippen molar-refractivity contribution in [1.29, 1.82) is 0 Å². The Balaban J connectivity index is 0.000000135. The predicted molar refractivity (Wildman–Crippen MR) is 583 cm³/mol. The van der Waals surface area contributed by atoms with Crippen LogP contribution in [-0.2, 0) is 21.7 Å². The summed E-state index contributed by atoms with van der Waals surface area (Å²) in [4.78, 5) is 0. The molecule has 16 aromatic rings. The van der Waals surface area contributed by atoms with Gasteiger partial charge >= 0.3 is 0 Å². The van der Waals surface area contributed by atoms with Gasteiger partial charge in [0.1, 0.15) is 5.75 Å². The number of hydrogen-bond acceptors (Lipinski definition) is 2. The van der Waals surface area contributed by atoms with Crippen LogP contribution in [0.15, 0.2) is 406 Å². The first-order valence-electron chi connectivity index (χ1n) is 36.3. The Morgan fingerprint density at radius 3 is 0.371 bits per heavy atom. The highest BCUT2D eigenvalue weighted by Crippen LogP contribution is 2.51. The second-order valence-corrected chi connectivity index (χ2v) is 43.4. The number of anilines is 1. The first-order valence-corrected chi connectivity index (χ1v) is 50.3. The van der Waals surface area contributed by atoms with Crippen molar-refractivity contribution < 1.29 is 5.11 Å². The van der Waals surface area contributed by atoms with Crippen LogP contribution in [0.5, 0.6) is 5.75 Å². The van der Waals surface area contributed by atoms with Crippen molar-refractivity contribution in [3.05, 3.63) is 531 Å². The predicted octanol–water partition coefficient (Wildman–Crippen LogP) is 32.7. The van der Waals surface area contributed by atoms with Gasteiger partial charge in [-0.1, -0.05) is 258 Å². The van der Waals surface area contributed by atoms with E-state index in [0.29, 0.717) is 0 Å². The first kappa shape index (κ1) is 90.1. The van der Waals surface area contributed by atoms with Crippen molar-refractivity contribution >= 4 is 295 Å². The largest absolute Gasteiger partial charge is 0.508 e. The van der Waals surface area contributed by atoms with E-state index < -0.39 is 16.2 Å². The Morgan fingerprint density at radius 1 is 0.155 bits per heavy atom. The summed E-state index contributed by atoms with van der Waals surface area (Å²) in [5.74, 6) is 0.274. The number of nitrogens with two attached hydrogens (primary N) is 1. The van der Waals surface area contributed by atoms with E-state index in [1.165, 1.54) is 119 Å². The highest BCUT2D eigenvalue weighted by molar-refractivity contribution is 14.1. The topological polar surface area (TPSA) is 46.2 Å². The minimum absolute atomic E-state index is 0.274. The Hall–Kier alpha value is -3.66. The van der Waals surface area contributed by atoms with Crippen LogP contribution in [0.2, 0.25) is 0 Å². The second kappa shape index (κ2) is 41.7. The number of halogens is 14. The zero-order valence-corrected chi connectivity index (χ0v) is 89.2. The molecule has 16 heteroatoms. The van der Waals surface area contributed by atoms with Gasteiger partial charge in [0.05, 0.1) is 21.7 Å². The molecule has 0 spiro atoms. The van der Waals surface area contributed by atoms with Gasteiger partial charge in [-0.15, -0.1) is 0 Å². The van der Waals surface area contributed by atoms with Crippen LogP contribution in [-0.4, -0.2) is 5.11 Å². The summed E-state index contributed by atoms with van der Waals surface area (Å²) < 4.78 is 16.5. The lowest BCUT2D eigenvalue weighted by atomic mass is 9.65. The highest BCUT2D eigenvalue weighted by Gasteiger charge is 2.43. The number of rotatable bonds is 16. The molecule has 0 saturated carbocycles. The summed E-state index contributed by atoms with van der Waals surface area (Å²) in [6.07, 6.45) is 0. The zero-order valence-electron chi connectivity index (χ0n) is 61.3. The molecular formula is C100H67Br4I10NO. The van der Waals surface area contributed by atoms with Gasteiger partial charge in [-0.05, 0) is 509 Å². The molecule has 3 N–H and O–H groups in total. The summed E-state index contributed by atoms with van der Waals surface area (Å²) >= 11 is 38.0. The molecule has 2 nitrogen and oxygen atoms in total. The van der Waals surface area contributed by atoms with Gasteiger partial charge in [-0.25, -0.2) is 0 Å². The van der Waals surface area contributed by atoms with Crippen molar-refractivity contribution in [3.63, 3.8) is 0 Å². The number of aromatic hydroxyl groups is 1. The SMILES string of the molecule is Brc1ccc(C(c2ccc(Br)cc2)(c2ccc(Br)cc2)c2ccc(I)cc2)cc1.Brc1ccc(C(c2ccc(I)cc2)(c2ccc(I)cc2)c2ccc(I)cc2)cc1.Nc1ccc(C(c2ccc(I)cc2)(c2ccc(I)cc2)c2ccc(I)cc2)cc1.Oc1ccc(C(c2ccc(I)cc2)(c2ccc(I)cc2)c2ccc(I)cc2)cc1. The van der Waals surface area contributed by atoms with Crippen LogP contribution in [0.4, 0.5) is 5.69 Å². The molecule has 576 valence electrons. The van der Waals surface area contributed by atoms with E-state index in [9.17, 15) is 5.11 Å². The third kappa shape index (κ3) is 20.7. The lowest BCUT2D eigenvalue weighted by Gasteiger charge is -2.37. The molecule has 16 rings (SSSR count). The Labute approximate surface area is 850 Å². The molecule has 0 heterocycles. The summed E-state index contributed by atoms with van der Waals surface area (Å²) in [6.45, 7) is 0. The summed E-state index contributed by atoms with van der Waals surface area (Å²) in [5.41, 5.74) is 24.7. The van der Waals surface area contributed by atoms with Crippen LogP contribution in [0.3, 0.4) is 0 Å². The van der Waals surface area contributed by atoms with Crippen molar-refractivity contribution in [3.8, 4) is 5.75 Å². The van der Waals surface area contributed by atoms with Crippen molar-refractivity contribution in [2.24, 2.45) is 0 Å². The zero-order chi connectivity index (χ0) is 81.7. The molecule has 0 radical (unpaired) electrons. The maximum Gasteiger partial charge on any atom is 0.115 e. The van der Waals surface area contributed by atoms with Crippen LogP contribution in [0.1, 0.15) is 89.0 Å². The summed E-state index contributed by atoms with van der Waals surface area (Å²) in [7, 11) is 0. The van der Waals surface area contributed by atoms with Crippen LogP contribution in [0.25, 0.3) is 0 Å². The summed E-state index contributed by atoms with van der Waals surface area (Å²) in [6, 6.07) is 139. The van der Waals surface area contributed by atoms with Gasteiger partial charge in [0.25, 0.3) is 0 Å². The number of phenolic OH excluding ortho intramolecular Hbond substituents is 1. The van der Waals surface area contributed by atoms with E-state index in [4.69, 9.17) is 5.73 Å². The smallest absolute Gasteiger partial charge is 0.115 e. The number of nitrogen functional groups attached to an aromatic ring is 1. The fraction of sp³-hybridized carbons (Fsp3) is 0.0400. The van der Waals surface area contributed by atoms with E-state index in [-0.39, 0.29) is 11.2 Å². The van der Waals surface area contributed by atoms with Gasteiger partial charge < -0.3 is 10.8 Å². The molecule has 0 bridgehead atoms. The maximum absolute atomic E-state index is 9.94. The quantitative estimate of drug-likeness (QED) is 0.0575. The second-order valence-electron chi connectivity index (χ2n) is 27.3. The van der Waals surface area contributed by atoms with Crippen LogP contribution in [0, 0.1) is 35.7 Å². The van der Waals surface area contributed by atoms with Crippen molar-refractivity contribution in [1.82, 2.24) is 0 Å². The molecule has 0 aliphatic rings. The van der Waals surface area contributed by atoms with Gasteiger partial charge in [0.15, 0.2) is 0 Å². The molecule has 116 heavy (non-hydrogen) atoms. The fourth-order valence-electron chi connectivity index (χ4n) is 15.2. The van der Waals surface area contributed by atoms with Crippen LogP contribution >= 0.6 is 290 Å². The average Bonchev–Trinajstić information content (AvgIpc) is 0.752. The Morgan fingerprint density at radius 2 is 0.250 bits per heavy atom. The molecule has 0 amide bonds. The molecule has 0 aliphatic carbocycles. The standard InChI is InChI=1S/C25H16Br3I.C25H16BrI3.C25H18I3N.C25H17I3O/c4*26-21-9-1-17(2-10-21)25(18-3-11-22(27)12-4-18,19-5-13-23(28)14-6-19)20-7-15-24(29)16-8-20/h2*1-16H;1-16H,29H2;1-16,29H. The number of benzene rings is 16. The van der Waals surface area contributed by atoms with Crippen molar-refractivity contribution in [2.75, 3.05) is 5.73 Å². The molecule has 0 saturated heterocycles. The first-order chi connectivity index (χ1) is 56.0. The number of phenols is 1. The van der Waals surface area contributed by atoms with E-state index in [1.54, 1.807) is 12.1 Å². The Bertz CT molecular complexity index is 4410. The fourth-order valence-corrected chi connectivity index (χ4v) is 19.9. The minimum atomic E-state index is -0.479. The third-order valence-corrected chi connectivity index (χ3v) is 29.8. The van der Waals surface area contributed by atoms with Gasteiger partial charge in [-0.2, -0.15) is 0 Å². The normalized spacial score (nSPS) is 11.4. The maximum atomic E-state index is 9.94. The van der Waals surface area contributed by atoms with Gasteiger partial charge in [0.2, 0.25) is 0 Å². The van der Waals surface area contributed by atoms with Crippen LogP contribution < -0.4 is 5.73 Å². The molecule has 16 aromatic carbocycles. The molecule has 0 aromatic heterocycles. The van der Waals surface area contributed by atoms with E-state index in [1.807, 2.05) is 24.3 Å².